The molecule has 6 heteroatoms. The predicted molar refractivity (Wildman–Crippen MR) is 52.9 cm³/mol. The Balaban J connectivity index is 2.95. The first-order valence-corrected chi connectivity index (χ1v) is 5.49. The molecule has 0 saturated heterocycles. The molecule has 0 aromatic heterocycles. The molecule has 0 aliphatic rings. The van der Waals surface area contributed by atoms with Crippen molar-refractivity contribution in [2.45, 2.75) is 12.7 Å². The van der Waals surface area contributed by atoms with Gasteiger partial charge in [-0.05, 0) is 18.0 Å². The number of sulfonamides is 1. The molecule has 0 unspecified atom stereocenters. The molecule has 14 heavy (non-hydrogen) atoms. The second kappa shape index (κ2) is 4.13. The van der Waals surface area contributed by atoms with E-state index >= 15 is 0 Å². The summed E-state index contributed by atoms with van der Waals surface area (Å²) in [6.45, 7) is 1.86. The largest absolute Gasteiger partial charge is 0.239 e. The molecule has 0 aliphatic heterocycles. The van der Waals surface area contributed by atoms with Gasteiger partial charge < -0.3 is 0 Å². The van der Waals surface area contributed by atoms with Crippen LogP contribution in [0.15, 0.2) is 28.8 Å². The van der Waals surface area contributed by atoms with Gasteiger partial charge in [0.2, 0.25) is 10.0 Å². The monoisotopic (exact) mass is 211 g/mol. The van der Waals surface area contributed by atoms with E-state index in [1.54, 1.807) is 18.2 Å². The van der Waals surface area contributed by atoms with Crippen LogP contribution in [0.5, 0.6) is 0 Å². The summed E-state index contributed by atoms with van der Waals surface area (Å²) >= 11 is 0. The summed E-state index contributed by atoms with van der Waals surface area (Å²) in [7, 11) is -3.69. The molecule has 74 valence electrons. The van der Waals surface area contributed by atoms with E-state index in [4.69, 9.17) is 5.53 Å². The molecule has 0 radical (unpaired) electrons. The number of rotatable bonds is 3. The van der Waals surface area contributed by atoms with Crippen LogP contribution in [0, 0.1) is 6.92 Å². The van der Waals surface area contributed by atoms with E-state index in [0.717, 1.165) is 5.56 Å². The van der Waals surface area contributed by atoms with Gasteiger partial charge in [0.25, 0.3) is 0 Å². The fourth-order valence-electron chi connectivity index (χ4n) is 1.10. The lowest BCUT2D eigenvalue weighted by atomic mass is 10.2. The topological polar surface area (TPSA) is 82.9 Å². The van der Waals surface area contributed by atoms with E-state index in [0.29, 0.717) is 5.56 Å². The summed E-state index contributed by atoms with van der Waals surface area (Å²) in [6, 6.07) is 7.04. The molecule has 0 spiro atoms. The minimum absolute atomic E-state index is 0.251. The molecule has 0 aliphatic carbocycles. The molecule has 0 atom stereocenters. The fourth-order valence-corrected chi connectivity index (χ4v) is 1.87. The summed E-state index contributed by atoms with van der Waals surface area (Å²) in [5.74, 6) is -0.251. The second-order valence-corrected chi connectivity index (χ2v) is 4.50. The van der Waals surface area contributed by atoms with Crippen LogP contribution in [0.3, 0.4) is 0 Å². The van der Waals surface area contributed by atoms with Gasteiger partial charge in [-0.3, -0.25) is 0 Å². The highest BCUT2D eigenvalue weighted by Crippen LogP contribution is 2.09. The number of nitrogens with zero attached hydrogens (tertiary/aromatic N) is 3. The van der Waals surface area contributed by atoms with Gasteiger partial charge >= 0.3 is 0 Å². The normalized spacial score (nSPS) is 10.6. The van der Waals surface area contributed by atoms with Crippen LogP contribution < -0.4 is 0 Å². The number of aryl methyl sites for hydroxylation is 1. The Morgan fingerprint density at radius 1 is 1.50 bits per heavy atom. The van der Waals surface area contributed by atoms with Crippen molar-refractivity contribution in [1.29, 1.82) is 0 Å². The van der Waals surface area contributed by atoms with Crippen LogP contribution in [-0.2, 0) is 15.8 Å². The van der Waals surface area contributed by atoms with Gasteiger partial charge in [-0.2, -0.15) is 0 Å². The lowest BCUT2D eigenvalue weighted by molar-refractivity contribution is 0.596. The molecular formula is C8H9N3O2S. The van der Waals surface area contributed by atoms with Gasteiger partial charge in [0.15, 0.2) is 0 Å². The molecule has 0 fully saturated rings. The van der Waals surface area contributed by atoms with Crippen molar-refractivity contribution in [2.75, 3.05) is 0 Å². The van der Waals surface area contributed by atoms with Gasteiger partial charge in [-0.15, -0.1) is 0 Å². The molecule has 1 aromatic carbocycles. The highest BCUT2D eigenvalue weighted by atomic mass is 32.2. The van der Waals surface area contributed by atoms with Crippen molar-refractivity contribution < 1.29 is 8.42 Å². The zero-order chi connectivity index (χ0) is 10.6. The first-order chi connectivity index (χ1) is 6.53. The molecule has 1 aromatic rings. The number of azide groups is 1. The molecule has 5 nitrogen and oxygen atoms in total. The van der Waals surface area contributed by atoms with E-state index in [9.17, 15) is 8.42 Å². The average molecular weight is 211 g/mol. The summed E-state index contributed by atoms with van der Waals surface area (Å²) < 4.78 is 24.9. The van der Waals surface area contributed by atoms with Crippen LogP contribution in [0.1, 0.15) is 11.1 Å². The maximum Gasteiger partial charge on any atom is 0.239 e. The molecule has 0 saturated carbocycles. The van der Waals surface area contributed by atoms with E-state index < -0.39 is 10.0 Å². The zero-order valence-electron chi connectivity index (χ0n) is 7.58. The third kappa shape index (κ3) is 3.08. The summed E-state index contributed by atoms with van der Waals surface area (Å²) in [4.78, 5) is 2.26. The molecular weight excluding hydrogens is 202 g/mol. The minimum atomic E-state index is -3.69. The Kier molecular flexibility index (Phi) is 3.11. The Morgan fingerprint density at radius 2 is 2.21 bits per heavy atom. The third-order valence-corrected chi connectivity index (χ3v) is 2.61. The van der Waals surface area contributed by atoms with Crippen LogP contribution in [0.4, 0.5) is 0 Å². The summed E-state index contributed by atoms with van der Waals surface area (Å²) in [5.41, 5.74) is 9.61. The number of hydrogen-bond acceptors (Lipinski definition) is 2. The maximum absolute atomic E-state index is 11.1. The Bertz CT molecular complexity index is 475. The molecule has 0 bridgehead atoms. The fraction of sp³-hybridized carbons (Fsp3) is 0.250. The Hall–Kier alpha value is -1.52. The maximum atomic E-state index is 11.1. The van der Waals surface area contributed by atoms with Crippen molar-refractivity contribution in [2.24, 2.45) is 4.52 Å². The average Bonchev–Trinajstić information content (AvgIpc) is 2.02. The van der Waals surface area contributed by atoms with E-state index in [-0.39, 0.29) is 5.75 Å². The van der Waals surface area contributed by atoms with E-state index in [2.05, 4.69) is 9.43 Å². The van der Waals surface area contributed by atoms with Crippen molar-refractivity contribution in [3.05, 3.63) is 45.8 Å². The van der Waals surface area contributed by atoms with Gasteiger partial charge in [0.1, 0.15) is 0 Å². The van der Waals surface area contributed by atoms with Crippen LogP contribution in [-0.4, -0.2) is 8.42 Å². The standard InChI is InChI=1S/C8H9N3O2S/c1-7-3-2-4-8(5-7)6-14(12,13)11-10-9/h2-5H,6H2,1H3. The van der Waals surface area contributed by atoms with Crippen LogP contribution in [0.25, 0.3) is 10.4 Å². The third-order valence-electron chi connectivity index (χ3n) is 1.59. The zero-order valence-corrected chi connectivity index (χ0v) is 8.40. The summed E-state index contributed by atoms with van der Waals surface area (Å²) in [6.07, 6.45) is 0. The highest BCUT2D eigenvalue weighted by Gasteiger charge is 2.08. The van der Waals surface area contributed by atoms with E-state index in [1.165, 1.54) is 0 Å². The Morgan fingerprint density at radius 3 is 2.79 bits per heavy atom. The lowest BCUT2D eigenvalue weighted by Crippen LogP contribution is -1.99. The quantitative estimate of drug-likeness (QED) is 0.436. The van der Waals surface area contributed by atoms with Crippen molar-refractivity contribution >= 4 is 10.0 Å². The number of hydrogen-bond donors (Lipinski definition) is 0. The van der Waals surface area contributed by atoms with Crippen molar-refractivity contribution in [3.63, 3.8) is 0 Å². The molecule has 0 N–H and O–H groups in total. The van der Waals surface area contributed by atoms with Gasteiger partial charge in [0, 0.05) is 9.43 Å². The van der Waals surface area contributed by atoms with Crippen molar-refractivity contribution in [1.82, 2.24) is 0 Å². The van der Waals surface area contributed by atoms with Crippen LogP contribution >= 0.6 is 0 Å². The molecule has 0 heterocycles. The van der Waals surface area contributed by atoms with Crippen LogP contribution in [0.2, 0.25) is 0 Å². The highest BCUT2D eigenvalue weighted by molar-refractivity contribution is 7.89. The van der Waals surface area contributed by atoms with Gasteiger partial charge in [-0.25, -0.2) is 8.42 Å². The minimum Gasteiger partial charge on any atom is -0.221 e. The molecule has 0 amide bonds. The molecule has 1 rings (SSSR count). The smallest absolute Gasteiger partial charge is 0.221 e. The number of benzene rings is 1. The van der Waals surface area contributed by atoms with Gasteiger partial charge in [-0.1, -0.05) is 29.8 Å². The SMILES string of the molecule is Cc1cccc(CS(=O)(=O)N=[N+]=[N-])c1. The first-order valence-electron chi connectivity index (χ1n) is 3.88. The Labute approximate surface area is 82.1 Å². The van der Waals surface area contributed by atoms with Crippen molar-refractivity contribution in [3.8, 4) is 0 Å². The predicted octanol–water partition coefficient (Wildman–Crippen LogP) is 2.14. The van der Waals surface area contributed by atoms with E-state index in [1.807, 2.05) is 13.0 Å². The lowest BCUT2D eigenvalue weighted by Gasteiger charge is -1.99. The second-order valence-electron chi connectivity index (χ2n) is 2.89. The van der Waals surface area contributed by atoms with Gasteiger partial charge in [0.05, 0.1) is 5.75 Å². The first kappa shape index (κ1) is 10.6. The summed E-state index contributed by atoms with van der Waals surface area (Å²) in [5, 5.41) is 0.